The summed E-state index contributed by atoms with van der Waals surface area (Å²) in [7, 11) is 0. The van der Waals surface area contributed by atoms with Crippen molar-refractivity contribution in [1.82, 2.24) is 19.9 Å². The minimum atomic E-state index is 0.553. The Labute approximate surface area is 100 Å². The largest absolute Gasteiger partial charge is 0.330 e. The fraction of sp³-hybridized carbons (Fsp3) is 0.333. The molecule has 0 spiro atoms. The van der Waals surface area contributed by atoms with E-state index in [9.17, 15) is 0 Å². The maximum atomic E-state index is 5.53. The Balaban J connectivity index is 2.40. The molecule has 0 unspecified atom stereocenters. The third-order valence-corrected chi connectivity index (χ3v) is 2.29. The van der Waals surface area contributed by atoms with Crippen molar-refractivity contribution in [2.24, 2.45) is 5.73 Å². The van der Waals surface area contributed by atoms with Gasteiger partial charge in [-0.25, -0.2) is 19.9 Å². The molecule has 2 heterocycles. The summed E-state index contributed by atoms with van der Waals surface area (Å²) in [5.41, 5.74) is 8.38. The van der Waals surface area contributed by atoms with E-state index in [0.717, 1.165) is 23.4 Å². The lowest BCUT2D eigenvalue weighted by Gasteiger charge is -2.04. The molecule has 0 aliphatic rings. The van der Waals surface area contributed by atoms with Crippen molar-refractivity contribution in [3.05, 3.63) is 35.4 Å². The van der Waals surface area contributed by atoms with Crippen molar-refractivity contribution < 1.29 is 0 Å². The highest BCUT2D eigenvalue weighted by Gasteiger charge is 2.07. The number of hydrogen-bond donors (Lipinski definition) is 1. The molecule has 2 aromatic rings. The highest BCUT2D eigenvalue weighted by atomic mass is 15.0. The van der Waals surface area contributed by atoms with Gasteiger partial charge in [-0.15, -0.1) is 0 Å². The quantitative estimate of drug-likeness (QED) is 0.851. The minimum absolute atomic E-state index is 0.553. The van der Waals surface area contributed by atoms with E-state index in [1.54, 1.807) is 12.4 Å². The van der Waals surface area contributed by atoms with Gasteiger partial charge in [0.2, 0.25) is 0 Å². The lowest BCUT2D eigenvalue weighted by Crippen LogP contribution is -2.07. The summed E-state index contributed by atoms with van der Waals surface area (Å²) in [5, 5.41) is 0. The van der Waals surface area contributed by atoms with Gasteiger partial charge in [0.05, 0.1) is 0 Å². The first-order valence-corrected chi connectivity index (χ1v) is 5.52. The predicted octanol–water partition coefficient (Wildman–Crippen LogP) is 1.05. The van der Waals surface area contributed by atoms with Gasteiger partial charge >= 0.3 is 0 Å². The van der Waals surface area contributed by atoms with Gasteiger partial charge < -0.3 is 5.73 Å². The van der Waals surface area contributed by atoms with Crippen molar-refractivity contribution >= 4 is 0 Å². The van der Waals surface area contributed by atoms with Crippen LogP contribution >= 0.6 is 0 Å². The van der Waals surface area contributed by atoms with Crippen LogP contribution in [0.4, 0.5) is 0 Å². The third kappa shape index (κ3) is 2.82. The van der Waals surface area contributed by atoms with E-state index < -0.39 is 0 Å². The third-order valence-electron chi connectivity index (χ3n) is 2.29. The number of aromatic nitrogens is 4. The zero-order chi connectivity index (χ0) is 12.3. The van der Waals surface area contributed by atoms with Crippen LogP contribution in [0.3, 0.4) is 0 Å². The number of hydrogen-bond acceptors (Lipinski definition) is 5. The Hall–Kier alpha value is -1.88. The molecule has 2 N–H and O–H groups in total. The van der Waals surface area contributed by atoms with Crippen molar-refractivity contribution in [2.45, 2.75) is 20.3 Å². The molecule has 0 saturated carbocycles. The Kier molecular flexibility index (Phi) is 3.39. The first-order chi connectivity index (χ1) is 8.19. The Morgan fingerprint density at radius 2 is 1.76 bits per heavy atom. The minimum Gasteiger partial charge on any atom is -0.330 e. The van der Waals surface area contributed by atoms with E-state index in [2.05, 4.69) is 19.9 Å². The van der Waals surface area contributed by atoms with E-state index in [1.807, 2.05) is 19.9 Å². The molecule has 17 heavy (non-hydrogen) atoms. The fourth-order valence-electron chi connectivity index (χ4n) is 1.52. The highest BCUT2D eigenvalue weighted by Crippen LogP contribution is 2.11. The molecule has 88 valence electrons. The predicted molar refractivity (Wildman–Crippen MR) is 65.3 cm³/mol. The van der Waals surface area contributed by atoms with E-state index in [1.165, 1.54) is 0 Å². The van der Waals surface area contributed by atoms with E-state index in [4.69, 9.17) is 5.73 Å². The summed E-state index contributed by atoms with van der Waals surface area (Å²) < 4.78 is 0. The Morgan fingerprint density at radius 1 is 1.06 bits per heavy atom. The number of nitrogens with zero attached hydrogens (tertiary/aromatic N) is 4. The smallest absolute Gasteiger partial charge is 0.198 e. The van der Waals surface area contributed by atoms with Gasteiger partial charge in [0, 0.05) is 30.2 Å². The summed E-state index contributed by atoms with van der Waals surface area (Å²) in [6, 6.07) is 1.94. The van der Waals surface area contributed by atoms with Crippen molar-refractivity contribution in [3.63, 3.8) is 0 Å². The molecule has 0 aliphatic carbocycles. The van der Waals surface area contributed by atoms with Crippen LogP contribution in [0.25, 0.3) is 11.6 Å². The van der Waals surface area contributed by atoms with Crippen LogP contribution in [-0.2, 0) is 6.42 Å². The van der Waals surface area contributed by atoms with E-state index in [-0.39, 0.29) is 0 Å². The first-order valence-electron chi connectivity index (χ1n) is 5.52. The molecule has 5 nitrogen and oxygen atoms in total. The molecule has 5 heteroatoms. The average Bonchev–Trinajstić information content (AvgIpc) is 2.29. The molecule has 0 bridgehead atoms. The summed E-state index contributed by atoms with van der Waals surface area (Å²) in [6.45, 7) is 4.45. The van der Waals surface area contributed by atoms with Crippen molar-refractivity contribution in [1.29, 1.82) is 0 Å². The van der Waals surface area contributed by atoms with Crippen LogP contribution in [0, 0.1) is 13.8 Å². The molecule has 2 aromatic heterocycles. The maximum Gasteiger partial charge on any atom is 0.198 e. The van der Waals surface area contributed by atoms with Crippen molar-refractivity contribution in [3.8, 4) is 11.6 Å². The molecule has 2 rings (SSSR count). The monoisotopic (exact) mass is 229 g/mol. The van der Waals surface area contributed by atoms with Gasteiger partial charge in [-0.1, -0.05) is 0 Å². The Morgan fingerprint density at radius 3 is 2.41 bits per heavy atom. The zero-order valence-electron chi connectivity index (χ0n) is 10.0. The zero-order valence-corrected chi connectivity index (χ0v) is 10.0. The highest BCUT2D eigenvalue weighted by molar-refractivity contribution is 5.43. The molecule has 0 aliphatic heterocycles. The molecular weight excluding hydrogens is 214 g/mol. The van der Waals surface area contributed by atoms with Crippen LogP contribution < -0.4 is 5.73 Å². The van der Waals surface area contributed by atoms with Crippen LogP contribution in [-0.4, -0.2) is 26.5 Å². The summed E-state index contributed by atoms with van der Waals surface area (Å²) in [5.74, 6) is 1.12. The van der Waals surface area contributed by atoms with Gasteiger partial charge in [-0.05, 0) is 32.0 Å². The van der Waals surface area contributed by atoms with Gasteiger partial charge in [0.25, 0.3) is 0 Å². The average molecular weight is 229 g/mol. The number of nitrogens with two attached hydrogens (primary N) is 1. The molecule has 0 aromatic carbocycles. The lowest BCUT2D eigenvalue weighted by atomic mass is 10.2. The lowest BCUT2D eigenvalue weighted by molar-refractivity contribution is 0.897. The van der Waals surface area contributed by atoms with Gasteiger partial charge in [-0.3, -0.25) is 0 Å². The standard InChI is InChI=1S/C12H15N5/c1-8-6-14-11(15-7-8)12-16-9(2)5-10(17-12)3-4-13/h5-7H,3-4,13H2,1-2H3. The molecular formula is C12H15N5. The van der Waals surface area contributed by atoms with E-state index >= 15 is 0 Å². The molecule has 0 fully saturated rings. The van der Waals surface area contributed by atoms with Crippen LogP contribution in [0.15, 0.2) is 18.5 Å². The van der Waals surface area contributed by atoms with Crippen LogP contribution in [0.2, 0.25) is 0 Å². The number of rotatable bonds is 3. The molecule has 0 saturated heterocycles. The molecule has 0 amide bonds. The van der Waals surface area contributed by atoms with E-state index in [0.29, 0.717) is 18.2 Å². The Bertz CT molecular complexity index is 507. The van der Waals surface area contributed by atoms with Gasteiger partial charge in [-0.2, -0.15) is 0 Å². The van der Waals surface area contributed by atoms with Crippen molar-refractivity contribution in [2.75, 3.05) is 6.54 Å². The summed E-state index contributed by atoms with van der Waals surface area (Å²) in [4.78, 5) is 17.2. The van der Waals surface area contributed by atoms with Gasteiger partial charge in [0.1, 0.15) is 0 Å². The maximum absolute atomic E-state index is 5.53. The molecule has 0 atom stereocenters. The first kappa shape index (κ1) is 11.6. The normalized spacial score (nSPS) is 10.5. The SMILES string of the molecule is Cc1cnc(-c2nc(C)cc(CCN)n2)nc1. The molecule has 0 radical (unpaired) electrons. The second-order valence-electron chi connectivity index (χ2n) is 3.95. The number of aryl methyl sites for hydroxylation is 2. The second-order valence-corrected chi connectivity index (χ2v) is 3.95. The van der Waals surface area contributed by atoms with Gasteiger partial charge in [0.15, 0.2) is 11.6 Å². The van der Waals surface area contributed by atoms with Crippen LogP contribution in [0.5, 0.6) is 0 Å². The van der Waals surface area contributed by atoms with Crippen LogP contribution in [0.1, 0.15) is 17.0 Å². The summed E-state index contributed by atoms with van der Waals surface area (Å²) >= 11 is 0. The topological polar surface area (TPSA) is 77.6 Å². The summed E-state index contributed by atoms with van der Waals surface area (Å²) in [6.07, 6.45) is 4.26. The second kappa shape index (κ2) is 4.97. The fourth-order valence-corrected chi connectivity index (χ4v) is 1.52.